The quantitative estimate of drug-likeness (QED) is 0.745. The van der Waals surface area contributed by atoms with Crippen LogP contribution in [0.1, 0.15) is 18.5 Å². The van der Waals surface area contributed by atoms with E-state index in [1.54, 1.807) is 11.8 Å². The molecular weight excluding hydrogens is 342 g/mol. The molecule has 0 saturated heterocycles. The summed E-state index contributed by atoms with van der Waals surface area (Å²) < 4.78 is 7.13. The number of benzene rings is 2. The molecule has 7 heteroatoms. The molecule has 1 aromatic heterocycles. The van der Waals surface area contributed by atoms with Gasteiger partial charge in [-0.3, -0.25) is 4.79 Å². The molecule has 1 amide bonds. The van der Waals surface area contributed by atoms with Crippen molar-refractivity contribution in [3.8, 4) is 17.1 Å². The van der Waals surface area contributed by atoms with E-state index >= 15 is 0 Å². The standard InChI is InChI=1S/C20H19N5O2/c1-12-16(18(21)26)17(13-8-4-3-5-9-13)25-20(22-12)23-19(24-25)14-10-6-7-11-15(14)27-2/h3-11,17H,1-2H3,(H2,21,26)(H,22,23,24)/t17-/m0/s1. The maximum absolute atomic E-state index is 12.2. The van der Waals surface area contributed by atoms with Gasteiger partial charge >= 0.3 is 0 Å². The molecule has 0 bridgehead atoms. The second kappa shape index (κ2) is 6.60. The van der Waals surface area contributed by atoms with Crippen LogP contribution in [0, 0.1) is 0 Å². The average molecular weight is 361 g/mol. The van der Waals surface area contributed by atoms with E-state index in [9.17, 15) is 4.79 Å². The van der Waals surface area contributed by atoms with Crippen molar-refractivity contribution in [2.75, 3.05) is 12.4 Å². The Hall–Kier alpha value is -3.61. The van der Waals surface area contributed by atoms with Gasteiger partial charge in [0.2, 0.25) is 11.9 Å². The molecule has 1 aliphatic heterocycles. The minimum atomic E-state index is -0.492. The van der Waals surface area contributed by atoms with E-state index in [0.29, 0.717) is 28.8 Å². The normalized spacial score (nSPS) is 15.9. The van der Waals surface area contributed by atoms with Crippen molar-refractivity contribution in [1.82, 2.24) is 14.8 Å². The second-order valence-corrected chi connectivity index (χ2v) is 6.25. The molecule has 2 aromatic carbocycles. The van der Waals surface area contributed by atoms with Crippen molar-refractivity contribution in [3.63, 3.8) is 0 Å². The van der Waals surface area contributed by atoms with Crippen molar-refractivity contribution < 1.29 is 9.53 Å². The predicted molar refractivity (Wildman–Crippen MR) is 102 cm³/mol. The summed E-state index contributed by atoms with van der Waals surface area (Å²) in [7, 11) is 1.61. The molecule has 0 unspecified atom stereocenters. The van der Waals surface area contributed by atoms with Gasteiger partial charge in [-0.1, -0.05) is 42.5 Å². The number of nitrogens with two attached hydrogens (primary N) is 1. The van der Waals surface area contributed by atoms with Gasteiger partial charge in [0.25, 0.3) is 0 Å². The maximum atomic E-state index is 12.2. The number of allylic oxidation sites excluding steroid dienone is 1. The molecule has 7 nitrogen and oxygen atoms in total. The first-order valence-corrected chi connectivity index (χ1v) is 8.52. The van der Waals surface area contributed by atoms with Gasteiger partial charge in [-0.05, 0) is 24.6 Å². The number of ether oxygens (including phenoxy) is 1. The number of anilines is 1. The molecular formula is C20H19N5O2. The lowest BCUT2D eigenvalue weighted by atomic mass is 9.95. The van der Waals surface area contributed by atoms with E-state index in [1.807, 2.05) is 61.5 Å². The lowest BCUT2D eigenvalue weighted by Crippen LogP contribution is -2.31. The molecule has 27 heavy (non-hydrogen) atoms. The van der Waals surface area contributed by atoms with Gasteiger partial charge in [0.05, 0.1) is 18.2 Å². The Labute approximate surface area is 156 Å². The number of carbonyl (C=O) groups excluding carboxylic acids is 1. The largest absolute Gasteiger partial charge is 0.496 e. The third kappa shape index (κ3) is 2.83. The topological polar surface area (TPSA) is 95.1 Å². The van der Waals surface area contributed by atoms with E-state index in [4.69, 9.17) is 10.5 Å². The van der Waals surface area contributed by atoms with E-state index < -0.39 is 11.9 Å². The molecule has 136 valence electrons. The fourth-order valence-corrected chi connectivity index (χ4v) is 3.36. The number of hydrogen-bond donors (Lipinski definition) is 2. The first kappa shape index (κ1) is 16.8. The number of nitrogens with one attached hydrogen (secondary N) is 1. The van der Waals surface area contributed by atoms with Crippen LogP contribution < -0.4 is 15.8 Å². The molecule has 2 heterocycles. The van der Waals surface area contributed by atoms with E-state index in [-0.39, 0.29) is 0 Å². The summed E-state index contributed by atoms with van der Waals surface area (Å²) in [4.78, 5) is 16.8. The van der Waals surface area contributed by atoms with Crippen LogP contribution in [0.3, 0.4) is 0 Å². The minimum absolute atomic E-state index is 0.448. The van der Waals surface area contributed by atoms with Crippen LogP contribution in [0.25, 0.3) is 11.4 Å². The Balaban J connectivity index is 1.90. The molecule has 0 fully saturated rings. The minimum Gasteiger partial charge on any atom is -0.496 e. The van der Waals surface area contributed by atoms with Crippen LogP contribution in [-0.4, -0.2) is 27.8 Å². The number of methoxy groups -OCH3 is 1. The van der Waals surface area contributed by atoms with Crippen molar-refractivity contribution in [3.05, 3.63) is 71.4 Å². The zero-order chi connectivity index (χ0) is 19.0. The van der Waals surface area contributed by atoms with Gasteiger partial charge in [-0.15, -0.1) is 5.10 Å². The van der Waals surface area contributed by atoms with Crippen LogP contribution in [-0.2, 0) is 4.79 Å². The summed E-state index contributed by atoms with van der Waals surface area (Å²) in [6.45, 7) is 1.82. The van der Waals surface area contributed by atoms with Gasteiger partial charge in [-0.2, -0.15) is 4.98 Å². The van der Waals surface area contributed by atoms with Crippen molar-refractivity contribution >= 4 is 11.9 Å². The smallest absolute Gasteiger partial charge is 0.248 e. The zero-order valence-corrected chi connectivity index (χ0v) is 15.0. The Morgan fingerprint density at radius 2 is 1.85 bits per heavy atom. The molecule has 3 N–H and O–H groups in total. The second-order valence-electron chi connectivity index (χ2n) is 6.25. The number of aromatic nitrogens is 3. The number of amides is 1. The van der Waals surface area contributed by atoms with Crippen LogP contribution in [0.5, 0.6) is 5.75 Å². The van der Waals surface area contributed by atoms with Crippen molar-refractivity contribution in [1.29, 1.82) is 0 Å². The first-order chi connectivity index (χ1) is 13.1. The Kier molecular flexibility index (Phi) is 4.12. The monoisotopic (exact) mass is 361 g/mol. The highest BCUT2D eigenvalue weighted by atomic mass is 16.5. The van der Waals surface area contributed by atoms with Gasteiger partial charge in [0.15, 0.2) is 5.82 Å². The van der Waals surface area contributed by atoms with Gasteiger partial charge in [-0.25, -0.2) is 4.68 Å². The molecule has 0 saturated carbocycles. The third-order valence-corrected chi connectivity index (χ3v) is 4.58. The number of carbonyl (C=O) groups is 1. The van der Waals surface area contributed by atoms with Crippen LogP contribution in [0.15, 0.2) is 65.9 Å². The van der Waals surface area contributed by atoms with Gasteiger partial charge in [0, 0.05) is 5.70 Å². The van der Waals surface area contributed by atoms with E-state index in [1.165, 1.54) is 0 Å². The fourth-order valence-electron chi connectivity index (χ4n) is 3.36. The Morgan fingerprint density at radius 1 is 1.15 bits per heavy atom. The molecule has 1 aliphatic rings. The lowest BCUT2D eigenvalue weighted by molar-refractivity contribution is -0.115. The van der Waals surface area contributed by atoms with E-state index in [2.05, 4.69) is 15.4 Å². The van der Waals surface area contributed by atoms with Gasteiger partial charge in [0.1, 0.15) is 11.8 Å². The highest BCUT2D eigenvalue weighted by molar-refractivity contribution is 5.95. The summed E-state index contributed by atoms with van der Waals surface area (Å²) in [5, 5.41) is 7.82. The van der Waals surface area contributed by atoms with Gasteiger partial charge < -0.3 is 15.8 Å². The Morgan fingerprint density at radius 3 is 2.56 bits per heavy atom. The number of para-hydroxylation sites is 1. The molecule has 0 radical (unpaired) electrons. The third-order valence-electron chi connectivity index (χ3n) is 4.58. The van der Waals surface area contributed by atoms with Crippen LogP contribution in [0.2, 0.25) is 0 Å². The highest BCUT2D eigenvalue weighted by Gasteiger charge is 2.33. The molecule has 0 spiro atoms. The number of nitrogens with zero attached hydrogens (tertiary/aromatic N) is 3. The number of primary amides is 1. The summed E-state index contributed by atoms with van der Waals surface area (Å²) in [5.41, 5.74) is 8.50. The molecule has 4 rings (SSSR count). The fraction of sp³-hybridized carbons (Fsp3) is 0.150. The summed E-state index contributed by atoms with van der Waals surface area (Å²) in [5.74, 6) is 1.24. The van der Waals surface area contributed by atoms with Crippen molar-refractivity contribution in [2.45, 2.75) is 13.0 Å². The summed E-state index contributed by atoms with van der Waals surface area (Å²) in [6.07, 6.45) is 0. The number of hydrogen-bond acceptors (Lipinski definition) is 5. The summed E-state index contributed by atoms with van der Waals surface area (Å²) >= 11 is 0. The Bertz CT molecular complexity index is 1040. The number of fused-ring (bicyclic) bond motifs is 1. The number of rotatable bonds is 4. The molecule has 1 atom stereocenters. The maximum Gasteiger partial charge on any atom is 0.248 e. The zero-order valence-electron chi connectivity index (χ0n) is 15.0. The van der Waals surface area contributed by atoms with Crippen LogP contribution >= 0.6 is 0 Å². The molecule has 0 aliphatic carbocycles. The molecule has 3 aromatic rings. The van der Waals surface area contributed by atoms with Crippen molar-refractivity contribution in [2.24, 2.45) is 5.73 Å². The SMILES string of the molecule is COc1ccccc1-c1nc2n(n1)[C@@H](c1ccccc1)C(C(N)=O)=C(C)N2. The first-order valence-electron chi connectivity index (χ1n) is 8.52. The van der Waals surface area contributed by atoms with Crippen LogP contribution in [0.4, 0.5) is 5.95 Å². The average Bonchev–Trinajstić information content (AvgIpc) is 3.10. The summed E-state index contributed by atoms with van der Waals surface area (Å²) in [6, 6.07) is 16.7. The predicted octanol–water partition coefficient (Wildman–Crippen LogP) is 2.73. The van der Waals surface area contributed by atoms with E-state index in [0.717, 1.165) is 11.1 Å². The highest BCUT2D eigenvalue weighted by Crippen LogP contribution is 2.37. The lowest BCUT2D eigenvalue weighted by Gasteiger charge is -2.27.